The van der Waals surface area contributed by atoms with Crippen molar-refractivity contribution in [1.29, 1.82) is 0 Å². The fourth-order valence-corrected chi connectivity index (χ4v) is 3.68. The van der Waals surface area contributed by atoms with Gasteiger partial charge in [0, 0.05) is 23.7 Å². The Morgan fingerprint density at radius 2 is 1.71 bits per heavy atom. The number of likely N-dealkylation sites (N-methyl/N-ethyl adjacent to an activating group) is 1. The maximum Gasteiger partial charge on any atom is 0.295 e. The second-order valence-corrected chi connectivity index (χ2v) is 7.85. The summed E-state index contributed by atoms with van der Waals surface area (Å²) in [6.45, 7) is 0.867. The van der Waals surface area contributed by atoms with E-state index in [-0.39, 0.29) is 11.3 Å². The normalized spacial score (nSPS) is 18.0. The molecule has 1 unspecified atom stereocenters. The molecule has 0 bridgehead atoms. The summed E-state index contributed by atoms with van der Waals surface area (Å²) < 4.78 is 10.7. The highest BCUT2D eigenvalue weighted by molar-refractivity contribution is 6.46. The summed E-state index contributed by atoms with van der Waals surface area (Å²) in [4.78, 5) is 29.3. The van der Waals surface area contributed by atoms with Crippen LogP contribution in [0.25, 0.3) is 5.76 Å². The zero-order valence-corrected chi connectivity index (χ0v) is 18.6. The molecule has 7 nitrogen and oxygen atoms in total. The topological polar surface area (TPSA) is 79.3 Å². The number of halogens is 1. The molecule has 0 spiro atoms. The molecule has 1 aliphatic heterocycles. The number of nitrogens with zero attached hydrogens (tertiary/aromatic N) is 2. The fourth-order valence-electron chi connectivity index (χ4n) is 3.55. The minimum absolute atomic E-state index is 0.0262. The molecule has 164 valence electrons. The molecule has 0 aromatic heterocycles. The summed E-state index contributed by atoms with van der Waals surface area (Å²) in [5, 5.41) is 11.5. The minimum Gasteiger partial charge on any atom is -0.507 e. The Kier molecular flexibility index (Phi) is 6.87. The third-order valence-corrected chi connectivity index (χ3v) is 5.42. The van der Waals surface area contributed by atoms with Crippen LogP contribution in [0.4, 0.5) is 0 Å². The number of methoxy groups -OCH3 is 2. The van der Waals surface area contributed by atoms with E-state index >= 15 is 0 Å². The minimum atomic E-state index is -0.768. The Bertz CT molecular complexity index is 1020. The highest BCUT2D eigenvalue weighted by atomic mass is 35.5. The van der Waals surface area contributed by atoms with Crippen molar-refractivity contribution in [3.63, 3.8) is 0 Å². The third kappa shape index (κ3) is 4.52. The molecule has 8 heteroatoms. The van der Waals surface area contributed by atoms with Gasteiger partial charge >= 0.3 is 0 Å². The van der Waals surface area contributed by atoms with Crippen molar-refractivity contribution in [2.24, 2.45) is 0 Å². The van der Waals surface area contributed by atoms with E-state index in [2.05, 4.69) is 0 Å². The molecule has 1 saturated heterocycles. The van der Waals surface area contributed by atoms with Crippen molar-refractivity contribution < 1.29 is 24.2 Å². The highest BCUT2D eigenvalue weighted by Crippen LogP contribution is 2.41. The van der Waals surface area contributed by atoms with Crippen LogP contribution in [0, 0.1) is 0 Å². The number of ether oxygens (including phenoxy) is 2. The van der Waals surface area contributed by atoms with Crippen LogP contribution in [0.15, 0.2) is 48.0 Å². The Labute approximate surface area is 186 Å². The molecule has 3 rings (SSSR count). The molecule has 2 aromatic carbocycles. The van der Waals surface area contributed by atoms with E-state index in [0.717, 1.165) is 0 Å². The lowest BCUT2D eigenvalue weighted by atomic mass is 9.95. The van der Waals surface area contributed by atoms with Gasteiger partial charge in [0.25, 0.3) is 11.7 Å². The molecule has 1 atom stereocenters. The average Bonchev–Trinajstić information content (AvgIpc) is 3.01. The Hall–Kier alpha value is -3.03. The number of carbonyl (C=O) groups is 2. The number of Topliss-reactive ketones (excluding diaryl/α,β-unsaturated/α-hetero) is 1. The van der Waals surface area contributed by atoms with Crippen LogP contribution in [0.2, 0.25) is 5.02 Å². The van der Waals surface area contributed by atoms with Gasteiger partial charge in [0.05, 0.1) is 25.8 Å². The predicted molar refractivity (Wildman–Crippen MR) is 119 cm³/mol. The van der Waals surface area contributed by atoms with Gasteiger partial charge in [-0.1, -0.05) is 17.7 Å². The van der Waals surface area contributed by atoms with Crippen molar-refractivity contribution in [2.45, 2.75) is 6.04 Å². The van der Waals surface area contributed by atoms with Crippen molar-refractivity contribution >= 4 is 29.1 Å². The molecular formula is C23H25ClN2O5. The van der Waals surface area contributed by atoms with Gasteiger partial charge < -0.3 is 24.4 Å². The van der Waals surface area contributed by atoms with E-state index in [9.17, 15) is 14.7 Å². The summed E-state index contributed by atoms with van der Waals surface area (Å²) in [7, 11) is 6.81. The number of hydrogen-bond acceptors (Lipinski definition) is 6. The van der Waals surface area contributed by atoms with Gasteiger partial charge in [-0.15, -0.1) is 0 Å². The van der Waals surface area contributed by atoms with E-state index in [1.165, 1.54) is 19.1 Å². The lowest BCUT2D eigenvalue weighted by molar-refractivity contribution is -0.140. The van der Waals surface area contributed by atoms with Gasteiger partial charge in [-0.3, -0.25) is 9.59 Å². The van der Waals surface area contributed by atoms with Gasteiger partial charge in [-0.25, -0.2) is 0 Å². The standard InChI is InChI=1S/C23H25ClN2O5/c1-25(2)11-12-26-20(15-7-10-17(30-3)18(13-15)31-4)19(22(28)23(26)29)21(27)14-5-8-16(24)9-6-14/h5-10,13,20,27H,11-12H2,1-4H3/b21-19-. The largest absolute Gasteiger partial charge is 0.507 e. The summed E-state index contributed by atoms with van der Waals surface area (Å²) in [6, 6.07) is 10.9. The molecule has 2 aromatic rings. The fraction of sp³-hybridized carbons (Fsp3) is 0.304. The second kappa shape index (κ2) is 9.41. The monoisotopic (exact) mass is 444 g/mol. The molecule has 1 amide bonds. The van der Waals surface area contributed by atoms with E-state index < -0.39 is 17.7 Å². The average molecular weight is 445 g/mol. The summed E-state index contributed by atoms with van der Waals surface area (Å²) in [5.41, 5.74) is 1.06. The third-order valence-electron chi connectivity index (χ3n) is 5.17. The van der Waals surface area contributed by atoms with Crippen LogP contribution in [0.5, 0.6) is 11.5 Å². The Morgan fingerprint density at radius 1 is 1.06 bits per heavy atom. The number of carbonyl (C=O) groups excluding carboxylic acids is 2. The zero-order valence-electron chi connectivity index (χ0n) is 17.9. The Balaban J connectivity index is 2.18. The number of aliphatic hydroxyl groups excluding tert-OH is 1. The summed E-state index contributed by atoms with van der Waals surface area (Å²) in [6.07, 6.45) is 0. The molecule has 1 N–H and O–H groups in total. The summed E-state index contributed by atoms with van der Waals surface area (Å²) >= 11 is 5.95. The highest BCUT2D eigenvalue weighted by Gasteiger charge is 2.46. The van der Waals surface area contributed by atoms with Crippen molar-refractivity contribution in [3.8, 4) is 11.5 Å². The van der Waals surface area contributed by atoms with E-state index in [4.69, 9.17) is 21.1 Å². The molecule has 31 heavy (non-hydrogen) atoms. The van der Waals surface area contributed by atoms with E-state index in [1.54, 1.807) is 42.5 Å². The Morgan fingerprint density at radius 3 is 2.29 bits per heavy atom. The van der Waals surface area contributed by atoms with Gasteiger partial charge in [0.15, 0.2) is 11.5 Å². The number of ketones is 1. The van der Waals surface area contributed by atoms with Crippen molar-refractivity contribution in [3.05, 3.63) is 64.2 Å². The van der Waals surface area contributed by atoms with Crippen LogP contribution in [-0.2, 0) is 9.59 Å². The van der Waals surface area contributed by atoms with Crippen molar-refractivity contribution in [2.75, 3.05) is 41.4 Å². The molecule has 0 aliphatic carbocycles. The smallest absolute Gasteiger partial charge is 0.295 e. The number of rotatable bonds is 7. The maximum atomic E-state index is 13.0. The first kappa shape index (κ1) is 22.7. The number of aliphatic hydroxyl groups is 1. The maximum absolute atomic E-state index is 13.0. The molecule has 1 heterocycles. The lowest BCUT2D eigenvalue weighted by Crippen LogP contribution is -2.35. The quantitative estimate of drug-likeness (QED) is 0.401. The summed E-state index contributed by atoms with van der Waals surface area (Å²) in [5.74, 6) is -0.649. The molecule has 0 radical (unpaired) electrons. The molecule has 0 saturated carbocycles. The van der Waals surface area contributed by atoms with Crippen LogP contribution in [0.1, 0.15) is 17.2 Å². The molecule has 1 aliphatic rings. The van der Waals surface area contributed by atoms with Crippen LogP contribution < -0.4 is 9.47 Å². The van der Waals surface area contributed by atoms with Gasteiger partial charge in [0.2, 0.25) is 0 Å². The van der Waals surface area contributed by atoms with Crippen LogP contribution in [0.3, 0.4) is 0 Å². The van der Waals surface area contributed by atoms with Gasteiger partial charge in [0.1, 0.15) is 5.76 Å². The molecular weight excluding hydrogens is 420 g/mol. The molecule has 1 fully saturated rings. The first-order chi connectivity index (χ1) is 14.8. The number of hydrogen-bond donors (Lipinski definition) is 1. The number of benzene rings is 2. The second-order valence-electron chi connectivity index (χ2n) is 7.42. The number of amides is 1. The van der Waals surface area contributed by atoms with E-state index in [1.807, 2.05) is 19.0 Å². The van der Waals surface area contributed by atoms with Crippen LogP contribution >= 0.6 is 11.6 Å². The van der Waals surface area contributed by atoms with Crippen molar-refractivity contribution in [1.82, 2.24) is 9.80 Å². The van der Waals surface area contributed by atoms with Gasteiger partial charge in [-0.2, -0.15) is 0 Å². The van der Waals surface area contributed by atoms with Gasteiger partial charge in [-0.05, 0) is 56.1 Å². The first-order valence-electron chi connectivity index (χ1n) is 9.69. The number of likely N-dealkylation sites (tertiary alicyclic amines) is 1. The van der Waals surface area contributed by atoms with E-state index in [0.29, 0.717) is 40.7 Å². The first-order valence-corrected chi connectivity index (χ1v) is 10.1. The SMILES string of the molecule is COc1ccc(C2/C(=C(/O)c3ccc(Cl)cc3)C(=O)C(=O)N2CCN(C)C)cc1OC. The predicted octanol–water partition coefficient (Wildman–Crippen LogP) is 3.34. The van der Waals surface area contributed by atoms with Crippen LogP contribution in [-0.4, -0.2) is 68.0 Å². The zero-order chi connectivity index (χ0) is 22.7. The lowest BCUT2D eigenvalue weighted by Gasteiger charge is -2.27.